The van der Waals surface area contributed by atoms with Gasteiger partial charge in [0.1, 0.15) is 17.3 Å². The van der Waals surface area contributed by atoms with Crippen LogP contribution in [0.3, 0.4) is 0 Å². The Morgan fingerprint density at radius 3 is 2.78 bits per heavy atom. The summed E-state index contributed by atoms with van der Waals surface area (Å²) >= 11 is 0. The van der Waals surface area contributed by atoms with Crippen molar-refractivity contribution >= 4 is 29.5 Å². The van der Waals surface area contributed by atoms with E-state index in [1.807, 2.05) is 0 Å². The zero-order valence-electron chi connectivity index (χ0n) is 17.9. The molecule has 0 bridgehead atoms. The first-order chi connectivity index (χ1) is 15.5. The minimum Gasteiger partial charge on any atom is -0.455 e. The molecule has 2 aromatic heterocycles. The molecule has 4 rings (SSSR count). The number of carbonyl (C=O) groups excluding carboxylic acids is 2. The Kier molecular flexibility index (Phi) is 5.87. The van der Waals surface area contributed by atoms with Crippen molar-refractivity contribution in [2.45, 2.75) is 13.3 Å². The highest BCUT2D eigenvalue weighted by atomic mass is 16.5. The fourth-order valence-corrected chi connectivity index (χ4v) is 3.78. The van der Waals surface area contributed by atoms with Crippen LogP contribution in [0.5, 0.6) is 11.5 Å². The summed E-state index contributed by atoms with van der Waals surface area (Å²) in [6.45, 7) is 3.44. The summed E-state index contributed by atoms with van der Waals surface area (Å²) in [7, 11) is 1.75. The summed E-state index contributed by atoms with van der Waals surface area (Å²) in [5, 5.41) is 16.2. The normalized spacial score (nSPS) is 17.1. The van der Waals surface area contributed by atoms with E-state index in [9.17, 15) is 9.59 Å². The quantitative estimate of drug-likeness (QED) is 0.511. The van der Waals surface area contributed by atoms with Gasteiger partial charge in [0.25, 0.3) is 0 Å². The van der Waals surface area contributed by atoms with E-state index in [-0.39, 0.29) is 5.91 Å². The summed E-state index contributed by atoms with van der Waals surface area (Å²) in [6, 6.07) is 6.32. The van der Waals surface area contributed by atoms with E-state index in [4.69, 9.17) is 10.1 Å². The van der Waals surface area contributed by atoms with Crippen LogP contribution in [0.2, 0.25) is 0 Å². The number of allylic oxidation sites excluding steroid dienone is 1. The molecule has 0 unspecified atom stereocenters. The zero-order chi connectivity index (χ0) is 22.7. The number of aromatic nitrogens is 2. The Bertz CT molecular complexity index is 1090. The number of ether oxygens (including phenoxy) is 1. The van der Waals surface area contributed by atoms with Gasteiger partial charge in [0.15, 0.2) is 0 Å². The number of imide groups is 1. The molecule has 2 saturated heterocycles. The van der Waals surface area contributed by atoms with Crippen molar-refractivity contribution in [3.63, 3.8) is 0 Å². The van der Waals surface area contributed by atoms with E-state index in [2.05, 4.69) is 25.9 Å². The lowest BCUT2D eigenvalue weighted by atomic mass is 9.80. The van der Waals surface area contributed by atoms with Gasteiger partial charge in [-0.25, -0.2) is 9.78 Å². The molecule has 2 aromatic rings. The summed E-state index contributed by atoms with van der Waals surface area (Å²) < 4.78 is 5.94. The molecule has 32 heavy (non-hydrogen) atoms. The minimum absolute atomic E-state index is 0.129. The van der Waals surface area contributed by atoms with Gasteiger partial charge in [-0.3, -0.25) is 20.0 Å². The van der Waals surface area contributed by atoms with Crippen molar-refractivity contribution in [3.05, 3.63) is 48.1 Å². The fourth-order valence-electron chi connectivity index (χ4n) is 3.78. The van der Waals surface area contributed by atoms with Crippen LogP contribution in [-0.2, 0) is 4.79 Å². The standard InChI is InChI=1S/C22H25N7O3/c1-14-18(32-16-5-7-26-17(9-16)15(10-23)11-24-2)3-4-19(27-14)28-21(31)29-8-6-22(20(29)30)12-25-13-22/h3-5,7,9-11,23-25H,6,8,12-13H2,1-2H3,(H,27,28,31)/b15-11+,23-10?. The summed E-state index contributed by atoms with van der Waals surface area (Å²) in [4.78, 5) is 35.1. The molecule has 10 heteroatoms. The van der Waals surface area contributed by atoms with Crippen molar-refractivity contribution in [3.8, 4) is 11.5 Å². The molecule has 2 aliphatic rings. The SMILES string of the molecule is CN/C=C(\C=N)c1cc(Oc2ccc(NC(=O)N3CCC4(CNC4)C3=O)nc2C)ccn1. The van der Waals surface area contributed by atoms with Gasteiger partial charge in [0.05, 0.1) is 16.8 Å². The van der Waals surface area contributed by atoms with Gasteiger partial charge in [-0.15, -0.1) is 0 Å². The number of carbonyl (C=O) groups is 2. The predicted molar refractivity (Wildman–Crippen MR) is 120 cm³/mol. The number of hydrogen-bond acceptors (Lipinski definition) is 8. The molecule has 1 spiro atoms. The molecule has 3 amide bonds. The van der Waals surface area contributed by atoms with Crippen LogP contribution >= 0.6 is 0 Å². The monoisotopic (exact) mass is 435 g/mol. The minimum atomic E-state index is -0.464. The molecule has 0 aliphatic carbocycles. The smallest absolute Gasteiger partial charge is 0.329 e. The van der Waals surface area contributed by atoms with Crippen LogP contribution in [0, 0.1) is 17.7 Å². The maximum absolute atomic E-state index is 12.6. The van der Waals surface area contributed by atoms with Crippen molar-refractivity contribution < 1.29 is 14.3 Å². The number of rotatable bonds is 6. The number of pyridine rings is 2. The number of nitrogens with zero attached hydrogens (tertiary/aromatic N) is 3. The Morgan fingerprint density at radius 2 is 2.16 bits per heavy atom. The second-order valence-electron chi connectivity index (χ2n) is 7.81. The maximum Gasteiger partial charge on any atom is 0.329 e. The maximum atomic E-state index is 12.6. The summed E-state index contributed by atoms with van der Waals surface area (Å²) in [5.41, 5.74) is 1.37. The van der Waals surface area contributed by atoms with Crippen LogP contribution in [0.1, 0.15) is 17.8 Å². The average Bonchev–Trinajstić information content (AvgIpc) is 3.12. The van der Waals surface area contributed by atoms with Crippen LogP contribution in [0.4, 0.5) is 10.6 Å². The fraction of sp³-hybridized carbons (Fsp3) is 0.318. The van der Waals surface area contributed by atoms with Crippen molar-refractivity contribution in [2.24, 2.45) is 5.41 Å². The Labute approximate surface area is 185 Å². The molecule has 2 aliphatic heterocycles. The number of aryl methyl sites for hydroxylation is 1. The van der Waals surface area contributed by atoms with Gasteiger partial charge in [-0.1, -0.05) is 0 Å². The highest BCUT2D eigenvalue weighted by Gasteiger charge is 2.52. The van der Waals surface area contributed by atoms with E-state index in [0.717, 1.165) is 0 Å². The molecule has 0 radical (unpaired) electrons. The van der Waals surface area contributed by atoms with Gasteiger partial charge < -0.3 is 20.8 Å². The molecular weight excluding hydrogens is 410 g/mol. The third-order valence-electron chi connectivity index (χ3n) is 5.67. The van der Waals surface area contributed by atoms with E-state index >= 15 is 0 Å². The topological polar surface area (TPSA) is 132 Å². The molecule has 4 heterocycles. The van der Waals surface area contributed by atoms with E-state index in [1.165, 1.54) is 11.1 Å². The lowest BCUT2D eigenvalue weighted by Gasteiger charge is -2.36. The van der Waals surface area contributed by atoms with Crippen LogP contribution in [0.25, 0.3) is 5.57 Å². The summed E-state index contributed by atoms with van der Waals surface area (Å²) in [6.07, 6.45) is 5.17. The lowest BCUT2D eigenvalue weighted by molar-refractivity contribution is -0.135. The number of urea groups is 1. The highest BCUT2D eigenvalue weighted by Crippen LogP contribution is 2.35. The van der Waals surface area contributed by atoms with E-state index in [0.29, 0.717) is 60.3 Å². The largest absolute Gasteiger partial charge is 0.455 e. The molecule has 0 aromatic carbocycles. The average molecular weight is 435 g/mol. The Hall–Kier alpha value is -3.79. The molecular formula is C22H25N7O3. The number of hydrogen-bond donors (Lipinski definition) is 4. The lowest BCUT2D eigenvalue weighted by Crippen LogP contribution is -2.58. The predicted octanol–water partition coefficient (Wildman–Crippen LogP) is 2.14. The van der Waals surface area contributed by atoms with Gasteiger partial charge >= 0.3 is 6.03 Å². The first kappa shape index (κ1) is 21.4. The zero-order valence-corrected chi connectivity index (χ0v) is 17.9. The van der Waals surface area contributed by atoms with E-state index < -0.39 is 11.4 Å². The third-order valence-corrected chi connectivity index (χ3v) is 5.67. The van der Waals surface area contributed by atoms with Crippen LogP contribution < -0.4 is 20.7 Å². The number of nitrogens with one attached hydrogen (secondary N) is 4. The van der Waals surface area contributed by atoms with E-state index in [1.54, 1.807) is 50.6 Å². The number of anilines is 1. The summed E-state index contributed by atoms with van der Waals surface area (Å²) in [5.74, 6) is 1.28. The first-order valence-electron chi connectivity index (χ1n) is 10.3. The Morgan fingerprint density at radius 1 is 1.34 bits per heavy atom. The van der Waals surface area contributed by atoms with Gasteiger partial charge in [0, 0.05) is 56.9 Å². The van der Waals surface area contributed by atoms with Gasteiger partial charge in [-0.05, 0) is 31.5 Å². The van der Waals surface area contributed by atoms with Gasteiger partial charge in [-0.2, -0.15) is 0 Å². The van der Waals surface area contributed by atoms with Crippen LogP contribution in [-0.4, -0.2) is 59.7 Å². The van der Waals surface area contributed by atoms with Crippen molar-refractivity contribution in [2.75, 3.05) is 32.0 Å². The third kappa shape index (κ3) is 4.04. The van der Waals surface area contributed by atoms with Crippen molar-refractivity contribution in [1.82, 2.24) is 25.5 Å². The molecule has 0 atom stereocenters. The second kappa shape index (κ2) is 8.75. The number of likely N-dealkylation sites (tertiary alicyclic amines) is 1. The number of amides is 3. The van der Waals surface area contributed by atoms with Gasteiger partial charge in [0.2, 0.25) is 5.91 Å². The Balaban J connectivity index is 1.44. The first-order valence-corrected chi connectivity index (χ1v) is 10.3. The second-order valence-corrected chi connectivity index (χ2v) is 7.81. The molecule has 0 saturated carbocycles. The molecule has 10 nitrogen and oxygen atoms in total. The van der Waals surface area contributed by atoms with Crippen molar-refractivity contribution in [1.29, 1.82) is 5.41 Å². The molecule has 4 N–H and O–H groups in total. The molecule has 166 valence electrons. The highest BCUT2D eigenvalue weighted by molar-refractivity contribution is 6.07. The van der Waals surface area contributed by atoms with Crippen LogP contribution in [0.15, 0.2) is 36.7 Å². The molecule has 2 fully saturated rings.